The van der Waals surface area contributed by atoms with E-state index in [1.807, 2.05) is 0 Å². The topological polar surface area (TPSA) is 0 Å². The van der Waals surface area contributed by atoms with Crippen LogP contribution in [0.15, 0.2) is 24.3 Å². The van der Waals surface area contributed by atoms with Crippen molar-refractivity contribution in [2.45, 2.75) is 51.4 Å². The van der Waals surface area contributed by atoms with Gasteiger partial charge in [0.2, 0.25) is 0 Å². The lowest BCUT2D eigenvalue weighted by molar-refractivity contribution is 0.749. The Morgan fingerprint density at radius 1 is 0.667 bits per heavy atom. The van der Waals surface area contributed by atoms with Gasteiger partial charge < -0.3 is 0 Å². The lowest BCUT2D eigenvalue weighted by Gasteiger charge is -2.03. The SMILES string of the molecule is C#CCCCCc1ccc(CCCCC#C)cc1. The van der Waals surface area contributed by atoms with Crippen molar-refractivity contribution in [3.05, 3.63) is 35.4 Å². The van der Waals surface area contributed by atoms with Crippen LogP contribution in [0.5, 0.6) is 0 Å². The van der Waals surface area contributed by atoms with E-state index in [4.69, 9.17) is 12.8 Å². The van der Waals surface area contributed by atoms with E-state index in [-0.39, 0.29) is 0 Å². The largest absolute Gasteiger partial charge is 0.120 e. The highest BCUT2D eigenvalue weighted by Crippen LogP contribution is 2.11. The van der Waals surface area contributed by atoms with Crippen molar-refractivity contribution in [1.82, 2.24) is 0 Å². The molecule has 0 unspecified atom stereocenters. The second kappa shape index (κ2) is 9.38. The molecule has 0 fully saturated rings. The summed E-state index contributed by atoms with van der Waals surface area (Å²) in [5.41, 5.74) is 2.83. The Morgan fingerprint density at radius 2 is 1.06 bits per heavy atom. The van der Waals surface area contributed by atoms with Gasteiger partial charge in [-0.15, -0.1) is 24.7 Å². The van der Waals surface area contributed by atoms with Crippen LogP contribution in [0.25, 0.3) is 0 Å². The Kier molecular flexibility index (Phi) is 7.50. The first-order valence-electron chi connectivity index (χ1n) is 6.81. The Bertz CT molecular complexity index is 356. The monoisotopic (exact) mass is 238 g/mol. The van der Waals surface area contributed by atoms with Crippen LogP contribution >= 0.6 is 0 Å². The van der Waals surface area contributed by atoms with Crippen LogP contribution in [-0.2, 0) is 12.8 Å². The summed E-state index contributed by atoms with van der Waals surface area (Å²) in [5.74, 6) is 5.37. The van der Waals surface area contributed by atoms with Crippen LogP contribution in [-0.4, -0.2) is 0 Å². The van der Waals surface area contributed by atoms with Gasteiger partial charge in [0.1, 0.15) is 0 Å². The van der Waals surface area contributed by atoms with Gasteiger partial charge in [0.15, 0.2) is 0 Å². The summed E-state index contributed by atoms with van der Waals surface area (Å²) in [6.07, 6.45) is 19.2. The fourth-order valence-corrected chi connectivity index (χ4v) is 1.98. The molecule has 1 aromatic rings. The van der Waals surface area contributed by atoms with Crippen LogP contribution in [0.1, 0.15) is 49.7 Å². The van der Waals surface area contributed by atoms with Gasteiger partial charge in [-0.25, -0.2) is 0 Å². The van der Waals surface area contributed by atoms with E-state index in [1.54, 1.807) is 0 Å². The van der Waals surface area contributed by atoms with Gasteiger partial charge in [-0.05, 0) is 49.7 Å². The van der Waals surface area contributed by atoms with Gasteiger partial charge in [0, 0.05) is 12.8 Å². The molecule has 1 aromatic carbocycles. The third-order valence-corrected chi connectivity index (χ3v) is 3.10. The average molecular weight is 238 g/mol. The van der Waals surface area contributed by atoms with E-state index < -0.39 is 0 Å². The molecule has 94 valence electrons. The van der Waals surface area contributed by atoms with E-state index in [0.717, 1.165) is 38.5 Å². The Balaban J connectivity index is 2.25. The van der Waals surface area contributed by atoms with Gasteiger partial charge in [0.05, 0.1) is 0 Å². The first kappa shape index (κ1) is 14.4. The highest BCUT2D eigenvalue weighted by molar-refractivity contribution is 5.22. The number of benzene rings is 1. The van der Waals surface area contributed by atoms with Gasteiger partial charge in [0.25, 0.3) is 0 Å². The maximum Gasteiger partial charge on any atom is 0.00861 e. The number of hydrogen-bond acceptors (Lipinski definition) is 0. The van der Waals surface area contributed by atoms with Crippen molar-refractivity contribution < 1.29 is 0 Å². The quantitative estimate of drug-likeness (QED) is 0.466. The first-order chi connectivity index (χ1) is 8.86. The maximum absolute atomic E-state index is 5.23. The van der Waals surface area contributed by atoms with Crippen LogP contribution in [0, 0.1) is 24.7 Å². The third-order valence-electron chi connectivity index (χ3n) is 3.10. The number of terminal acetylenes is 2. The Hall–Kier alpha value is -1.66. The van der Waals surface area contributed by atoms with Crippen molar-refractivity contribution in [3.63, 3.8) is 0 Å². The predicted octanol–water partition coefficient (Wildman–Crippen LogP) is 4.38. The summed E-state index contributed by atoms with van der Waals surface area (Å²) < 4.78 is 0. The molecule has 0 heterocycles. The molecule has 0 N–H and O–H groups in total. The molecule has 18 heavy (non-hydrogen) atoms. The summed E-state index contributed by atoms with van der Waals surface area (Å²) in [5, 5.41) is 0. The minimum Gasteiger partial charge on any atom is -0.120 e. The maximum atomic E-state index is 5.23. The van der Waals surface area contributed by atoms with E-state index in [2.05, 4.69) is 36.1 Å². The van der Waals surface area contributed by atoms with Gasteiger partial charge in [-0.2, -0.15) is 0 Å². The van der Waals surface area contributed by atoms with Crippen LogP contribution in [0.2, 0.25) is 0 Å². The Labute approximate surface area is 112 Å². The second-order valence-electron chi connectivity index (χ2n) is 4.64. The predicted molar refractivity (Wildman–Crippen MR) is 79.2 cm³/mol. The molecular weight excluding hydrogens is 216 g/mol. The van der Waals surface area contributed by atoms with Gasteiger partial charge >= 0.3 is 0 Å². The van der Waals surface area contributed by atoms with E-state index in [9.17, 15) is 0 Å². The van der Waals surface area contributed by atoms with Crippen molar-refractivity contribution in [2.24, 2.45) is 0 Å². The first-order valence-corrected chi connectivity index (χ1v) is 6.81. The molecule has 0 amide bonds. The molecule has 0 nitrogen and oxygen atoms in total. The minimum atomic E-state index is 0.896. The molecule has 0 spiro atoms. The average Bonchev–Trinajstić information content (AvgIpc) is 2.41. The van der Waals surface area contributed by atoms with E-state index >= 15 is 0 Å². The number of rotatable bonds is 8. The summed E-state index contributed by atoms with van der Waals surface area (Å²) in [4.78, 5) is 0. The van der Waals surface area contributed by atoms with Crippen molar-refractivity contribution in [3.8, 4) is 24.7 Å². The minimum absolute atomic E-state index is 0.896. The number of aryl methyl sites for hydroxylation is 2. The zero-order valence-corrected chi connectivity index (χ0v) is 11.1. The lowest BCUT2D eigenvalue weighted by atomic mass is 10.0. The zero-order chi connectivity index (χ0) is 13.1. The van der Waals surface area contributed by atoms with Gasteiger partial charge in [-0.3, -0.25) is 0 Å². The standard InChI is InChI=1S/C18H22/c1-3-5-7-9-11-17-13-15-18(16-14-17)12-10-8-6-4-2/h1-2,13-16H,5-12H2. The fourth-order valence-electron chi connectivity index (χ4n) is 1.98. The molecule has 0 heteroatoms. The molecule has 0 radical (unpaired) electrons. The molecule has 0 saturated carbocycles. The van der Waals surface area contributed by atoms with Gasteiger partial charge in [-0.1, -0.05) is 24.3 Å². The summed E-state index contributed by atoms with van der Waals surface area (Å²) in [6.45, 7) is 0. The summed E-state index contributed by atoms with van der Waals surface area (Å²) >= 11 is 0. The molecule has 0 aromatic heterocycles. The van der Waals surface area contributed by atoms with Crippen LogP contribution < -0.4 is 0 Å². The normalized spacial score (nSPS) is 9.67. The fraction of sp³-hybridized carbons (Fsp3) is 0.444. The summed E-state index contributed by atoms with van der Waals surface area (Å²) in [6, 6.07) is 8.97. The molecular formula is C18H22. The molecule has 0 bridgehead atoms. The number of hydrogen-bond donors (Lipinski definition) is 0. The Morgan fingerprint density at radius 3 is 1.39 bits per heavy atom. The lowest BCUT2D eigenvalue weighted by Crippen LogP contribution is -1.89. The molecule has 1 rings (SSSR count). The second-order valence-corrected chi connectivity index (χ2v) is 4.64. The van der Waals surface area contributed by atoms with Crippen molar-refractivity contribution in [2.75, 3.05) is 0 Å². The van der Waals surface area contributed by atoms with Crippen LogP contribution in [0.3, 0.4) is 0 Å². The molecule has 0 aliphatic rings. The van der Waals surface area contributed by atoms with Crippen LogP contribution in [0.4, 0.5) is 0 Å². The number of unbranched alkanes of at least 4 members (excludes halogenated alkanes) is 4. The summed E-state index contributed by atoms with van der Waals surface area (Å²) in [7, 11) is 0. The zero-order valence-electron chi connectivity index (χ0n) is 11.1. The molecule has 0 saturated heterocycles. The molecule has 0 aliphatic heterocycles. The molecule has 0 atom stereocenters. The van der Waals surface area contributed by atoms with Crippen molar-refractivity contribution >= 4 is 0 Å². The van der Waals surface area contributed by atoms with Crippen molar-refractivity contribution in [1.29, 1.82) is 0 Å². The molecule has 0 aliphatic carbocycles. The van der Waals surface area contributed by atoms with E-state index in [0.29, 0.717) is 0 Å². The smallest absolute Gasteiger partial charge is 0.00861 e. The highest BCUT2D eigenvalue weighted by Gasteiger charge is 1.96. The highest BCUT2D eigenvalue weighted by atomic mass is 14.0. The van der Waals surface area contributed by atoms with E-state index in [1.165, 1.54) is 24.0 Å². The third kappa shape index (κ3) is 6.17.